The predicted octanol–water partition coefficient (Wildman–Crippen LogP) is 5.48. The quantitative estimate of drug-likeness (QED) is 0.286. The summed E-state index contributed by atoms with van der Waals surface area (Å²) in [6.07, 6.45) is 0.0108. The van der Waals surface area contributed by atoms with E-state index in [4.69, 9.17) is 28.4 Å². The number of rotatable bonds is 6. The lowest BCUT2D eigenvalue weighted by Gasteiger charge is -2.51. The smallest absolute Gasteiger partial charge is 0.261 e. The highest BCUT2D eigenvalue weighted by Gasteiger charge is 2.55. The van der Waals surface area contributed by atoms with Gasteiger partial charge in [0.1, 0.15) is 39.8 Å². The molecule has 0 aliphatic carbocycles. The highest BCUT2D eigenvalue weighted by atomic mass is 16.5. The second-order valence-corrected chi connectivity index (χ2v) is 12.6. The number of benzene rings is 2. The molecule has 2 aromatic carbocycles. The van der Waals surface area contributed by atoms with Crippen molar-refractivity contribution in [2.75, 3.05) is 28.4 Å². The Morgan fingerprint density at radius 3 is 1.75 bits per heavy atom. The van der Waals surface area contributed by atoms with Crippen LogP contribution < -0.4 is 39.5 Å². The largest absolute Gasteiger partial charge is 0.493 e. The molecule has 0 bridgehead atoms. The van der Waals surface area contributed by atoms with Gasteiger partial charge in [-0.15, -0.1) is 0 Å². The maximum atomic E-state index is 14.4. The molecule has 4 aromatic rings. The van der Waals surface area contributed by atoms with Crippen molar-refractivity contribution >= 4 is 21.8 Å². The molecule has 44 heavy (non-hydrogen) atoms. The first-order valence-electron chi connectivity index (χ1n) is 14.8. The summed E-state index contributed by atoms with van der Waals surface area (Å²) in [5.41, 5.74) is 0.898. The molecule has 0 N–H and O–H groups in total. The van der Waals surface area contributed by atoms with Crippen molar-refractivity contribution < 1.29 is 28.4 Å². The monoisotopic (exact) mass is 604 g/mol. The Labute approximate surface area is 256 Å². The number of fused-ring (bicyclic) bond motifs is 8. The molecule has 0 spiro atoms. The van der Waals surface area contributed by atoms with E-state index in [0.717, 1.165) is 0 Å². The van der Waals surface area contributed by atoms with E-state index in [-0.39, 0.29) is 28.9 Å². The fourth-order valence-corrected chi connectivity index (χ4v) is 7.50. The van der Waals surface area contributed by atoms with E-state index in [2.05, 4.69) is 13.8 Å². The lowest BCUT2D eigenvalue weighted by atomic mass is 9.66. The molecule has 2 aliphatic heterocycles. The first kappa shape index (κ1) is 29.7. The Balaban J connectivity index is 1.73. The van der Waals surface area contributed by atoms with Gasteiger partial charge in [0.2, 0.25) is 0 Å². The lowest BCUT2D eigenvalue weighted by molar-refractivity contribution is -0.0694. The zero-order chi connectivity index (χ0) is 31.8. The van der Waals surface area contributed by atoms with Gasteiger partial charge in [0.15, 0.2) is 23.0 Å². The van der Waals surface area contributed by atoms with Crippen LogP contribution in [0.3, 0.4) is 0 Å². The Morgan fingerprint density at radius 1 is 0.773 bits per heavy atom. The molecule has 10 nitrogen and oxygen atoms in total. The number of hydrogen-bond acceptors (Lipinski definition) is 8. The average molecular weight is 605 g/mol. The first-order chi connectivity index (χ1) is 20.9. The number of hydrogen-bond donors (Lipinski definition) is 0. The van der Waals surface area contributed by atoms with Crippen LogP contribution >= 0.6 is 0 Å². The second kappa shape index (κ2) is 10.4. The number of pyridine rings is 2. The minimum atomic E-state index is -0.807. The molecule has 6 rings (SSSR count). The van der Waals surface area contributed by atoms with Gasteiger partial charge in [-0.1, -0.05) is 13.8 Å². The molecule has 0 saturated heterocycles. The van der Waals surface area contributed by atoms with Gasteiger partial charge in [0.05, 0.1) is 34.0 Å². The summed E-state index contributed by atoms with van der Waals surface area (Å²) in [5.74, 6) is 2.48. The van der Waals surface area contributed by atoms with Crippen LogP contribution in [0.2, 0.25) is 0 Å². The number of aromatic nitrogens is 2. The van der Waals surface area contributed by atoms with Crippen molar-refractivity contribution in [3.8, 4) is 34.5 Å². The van der Waals surface area contributed by atoms with E-state index >= 15 is 0 Å². The molecular weight excluding hydrogens is 564 g/mol. The van der Waals surface area contributed by atoms with Crippen LogP contribution in [-0.4, -0.2) is 43.2 Å². The lowest BCUT2D eigenvalue weighted by Crippen LogP contribution is -2.53. The molecule has 3 unspecified atom stereocenters. The first-order valence-corrected chi connectivity index (χ1v) is 14.8. The molecule has 0 fully saturated rings. The topological polar surface area (TPSA) is 99.4 Å². The summed E-state index contributed by atoms with van der Waals surface area (Å²) in [6, 6.07) is 7.40. The van der Waals surface area contributed by atoms with Crippen molar-refractivity contribution in [1.82, 2.24) is 9.13 Å². The third kappa shape index (κ3) is 3.99. The maximum Gasteiger partial charge on any atom is 0.261 e. The number of nitrogens with zero attached hydrogens (tertiary/aromatic N) is 2. The van der Waals surface area contributed by atoms with Crippen LogP contribution in [0.1, 0.15) is 57.3 Å². The summed E-state index contributed by atoms with van der Waals surface area (Å²) in [6.45, 7) is 8.30. The zero-order valence-electron chi connectivity index (χ0n) is 27.0. The fourth-order valence-electron chi connectivity index (χ4n) is 7.50. The molecule has 0 amide bonds. The molecule has 2 aliphatic rings. The minimum Gasteiger partial charge on any atom is -0.493 e. The number of methoxy groups -OCH3 is 4. The number of aryl methyl sites for hydroxylation is 2. The highest BCUT2D eigenvalue weighted by Crippen LogP contribution is 2.59. The summed E-state index contributed by atoms with van der Waals surface area (Å²) >= 11 is 0. The summed E-state index contributed by atoms with van der Waals surface area (Å²) in [4.78, 5) is 28.7. The van der Waals surface area contributed by atoms with Crippen LogP contribution in [0.5, 0.6) is 34.5 Å². The van der Waals surface area contributed by atoms with Crippen LogP contribution in [0.25, 0.3) is 21.8 Å². The molecular formula is C34H40N2O8. The maximum absolute atomic E-state index is 14.4. The van der Waals surface area contributed by atoms with E-state index in [1.807, 2.05) is 38.1 Å². The Hall–Kier alpha value is -4.34. The third-order valence-corrected chi connectivity index (χ3v) is 9.31. The van der Waals surface area contributed by atoms with Gasteiger partial charge in [-0.2, -0.15) is 0 Å². The number of ether oxygens (including phenoxy) is 6. The molecule has 10 heteroatoms. The van der Waals surface area contributed by atoms with Gasteiger partial charge in [-0.05, 0) is 50.5 Å². The molecule has 0 radical (unpaired) electrons. The summed E-state index contributed by atoms with van der Waals surface area (Å²) in [5, 5.41) is 1.42. The van der Waals surface area contributed by atoms with Crippen molar-refractivity contribution in [3.63, 3.8) is 0 Å². The normalized spacial score (nSPS) is 19.9. The van der Waals surface area contributed by atoms with Crippen LogP contribution in [-0.2, 0) is 14.1 Å². The van der Waals surface area contributed by atoms with E-state index in [1.54, 1.807) is 51.7 Å². The molecule has 2 aromatic heterocycles. The van der Waals surface area contributed by atoms with Crippen molar-refractivity contribution in [1.29, 1.82) is 0 Å². The second-order valence-electron chi connectivity index (χ2n) is 12.6. The zero-order valence-corrected chi connectivity index (χ0v) is 27.0. The van der Waals surface area contributed by atoms with E-state index in [9.17, 15) is 9.59 Å². The Bertz CT molecular complexity index is 1940. The van der Waals surface area contributed by atoms with Crippen LogP contribution in [0.4, 0.5) is 0 Å². The van der Waals surface area contributed by atoms with Crippen molar-refractivity contribution in [2.45, 2.75) is 51.7 Å². The minimum absolute atomic E-state index is 0.173. The van der Waals surface area contributed by atoms with Crippen molar-refractivity contribution in [3.05, 3.63) is 56.1 Å². The van der Waals surface area contributed by atoms with E-state index < -0.39 is 11.7 Å². The molecule has 234 valence electrons. The van der Waals surface area contributed by atoms with Gasteiger partial charge in [0, 0.05) is 36.7 Å². The van der Waals surface area contributed by atoms with Crippen molar-refractivity contribution in [2.24, 2.45) is 25.9 Å². The van der Waals surface area contributed by atoms with Gasteiger partial charge in [-0.3, -0.25) is 9.59 Å². The van der Waals surface area contributed by atoms with Crippen LogP contribution in [0, 0.1) is 11.8 Å². The van der Waals surface area contributed by atoms with E-state index in [0.29, 0.717) is 73.9 Å². The molecule has 0 saturated carbocycles. The van der Waals surface area contributed by atoms with Gasteiger partial charge >= 0.3 is 0 Å². The SMILES string of the molecule is COc1ccc2c3c(c(=O)n(C)c2c1OC)C(CC(C)C)C1C(O3)c2c(c3ccc(OC)c(OC)c3n(C)c2=O)OC1(C)C. The fraction of sp³-hybridized carbons (Fsp3) is 0.471. The molecule has 3 atom stereocenters. The predicted molar refractivity (Wildman–Crippen MR) is 168 cm³/mol. The van der Waals surface area contributed by atoms with Gasteiger partial charge in [-0.25, -0.2) is 0 Å². The standard InChI is InChI=1S/C34H40N2O8/c1-16(2)15-19-22-27(17-11-13-20(39-7)29(41-9)25(17)35(5)32(22)37)43-31-23-28(44-34(3,4)24(19)31)18-12-14-21(40-8)30(42-10)26(18)36(6)33(23)38/h11-14,16,19,24,31H,15H2,1-10H3. The highest BCUT2D eigenvalue weighted by molar-refractivity contribution is 5.95. The van der Waals surface area contributed by atoms with Gasteiger partial charge in [0.25, 0.3) is 11.1 Å². The summed E-state index contributed by atoms with van der Waals surface area (Å²) < 4.78 is 39.5. The Kier molecular flexibility index (Phi) is 7.01. The average Bonchev–Trinajstić information content (AvgIpc) is 2.99. The van der Waals surface area contributed by atoms with Crippen LogP contribution in [0.15, 0.2) is 33.9 Å². The third-order valence-electron chi connectivity index (χ3n) is 9.31. The summed E-state index contributed by atoms with van der Waals surface area (Å²) in [7, 11) is 9.68. The van der Waals surface area contributed by atoms with Gasteiger partial charge < -0.3 is 37.6 Å². The van der Waals surface area contributed by atoms with E-state index in [1.165, 1.54) is 0 Å². The molecule has 4 heterocycles. The Morgan fingerprint density at radius 2 is 1.27 bits per heavy atom.